The maximum atomic E-state index is 11.9. The third kappa shape index (κ3) is 3.66. The zero-order valence-electron chi connectivity index (χ0n) is 10.5. The molecule has 0 aromatic heterocycles. The van der Waals surface area contributed by atoms with Crippen LogP contribution >= 0.6 is 0 Å². The fourth-order valence-corrected chi connectivity index (χ4v) is 2.56. The Balaban J connectivity index is 1.71. The quantitative estimate of drug-likeness (QED) is 0.690. The molecule has 0 radical (unpaired) electrons. The Bertz CT molecular complexity index is 260. The van der Waals surface area contributed by atoms with Crippen LogP contribution in [-0.2, 0) is 14.3 Å². The largest absolute Gasteiger partial charge is 0.382 e. The molecule has 2 unspecified atom stereocenters. The molecule has 5 nitrogen and oxygen atoms in total. The standard InChI is InChI=1S/C12H22N2O3/c1-16-6-7-17-9-12(15)14-5-4-10-2-3-11(8-14)13-10/h10-11,13H,2-9H2,1H3. The van der Waals surface area contributed by atoms with Crippen LogP contribution in [0.25, 0.3) is 0 Å². The second-order valence-electron chi connectivity index (χ2n) is 4.81. The first-order valence-corrected chi connectivity index (χ1v) is 6.40. The van der Waals surface area contributed by atoms with E-state index in [1.165, 1.54) is 12.8 Å². The van der Waals surface area contributed by atoms with E-state index in [-0.39, 0.29) is 12.5 Å². The van der Waals surface area contributed by atoms with Crippen LogP contribution in [0.2, 0.25) is 0 Å². The fraction of sp³-hybridized carbons (Fsp3) is 0.917. The van der Waals surface area contributed by atoms with Crippen molar-refractivity contribution in [1.82, 2.24) is 10.2 Å². The molecule has 2 saturated heterocycles. The monoisotopic (exact) mass is 242 g/mol. The van der Waals surface area contributed by atoms with Gasteiger partial charge in [-0.25, -0.2) is 0 Å². The summed E-state index contributed by atoms with van der Waals surface area (Å²) in [5.41, 5.74) is 0. The number of amides is 1. The first-order chi connectivity index (χ1) is 8.29. The molecular formula is C12H22N2O3. The predicted molar refractivity (Wildman–Crippen MR) is 63.8 cm³/mol. The average molecular weight is 242 g/mol. The molecule has 2 rings (SSSR count). The van der Waals surface area contributed by atoms with Crippen LogP contribution in [0.1, 0.15) is 19.3 Å². The van der Waals surface area contributed by atoms with E-state index in [4.69, 9.17) is 9.47 Å². The van der Waals surface area contributed by atoms with Crippen LogP contribution < -0.4 is 5.32 Å². The molecule has 0 saturated carbocycles. The smallest absolute Gasteiger partial charge is 0.248 e. The van der Waals surface area contributed by atoms with Crippen LogP contribution in [0.4, 0.5) is 0 Å². The summed E-state index contributed by atoms with van der Waals surface area (Å²) in [6.07, 6.45) is 3.52. The Morgan fingerprint density at radius 2 is 2.12 bits per heavy atom. The maximum Gasteiger partial charge on any atom is 0.248 e. The lowest BCUT2D eigenvalue weighted by Crippen LogP contribution is -2.40. The normalized spacial score (nSPS) is 28.2. The Morgan fingerprint density at radius 3 is 2.94 bits per heavy atom. The van der Waals surface area contributed by atoms with Gasteiger partial charge in [-0.3, -0.25) is 4.79 Å². The number of hydrogen-bond acceptors (Lipinski definition) is 4. The van der Waals surface area contributed by atoms with Gasteiger partial charge in [0.1, 0.15) is 6.61 Å². The van der Waals surface area contributed by atoms with Crippen LogP contribution in [0.15, 0.2) is 0 Å². The molecule has 2 fully saturated rings. The first kappa shape index (κ1) is 12.8. The lowest BCUT2D eigenvalue weighted by Gasteiger charge is -2.24. The topological polar surface area (TPSA) is 50.8 Å². The summed E-state index contributed by atoms with van der Waals surface area (Å²) in [4.78, 5) is 13.9. The van der Waals surface area contributed by atoms with E-state index in [1.54, 1.807) is 7.11 Å². The number of fused-ring (bicyclic) bond motifs is 2. The van der Waals surface area contributed by atoms with Gasteiger partial charge < -0.3 is 19.7 Å². The van der Waals surface area contributed by atoms with Crippen molar-refractivity contribution in [3.05, 3.63) is 0 Å². The van der Waals surface area contributed by atoms with Crippen molar-refractivity contribution in [3.63, 3.8) is 0 Å². The number of carbonyl (C=O) groups excluding carboxylic acids is 1. The fourth-order valence-electron chi connectivity index (χ4n) is 2.56. The van der Waals surface area contributed by atoms with Crippen molar-refractivity contribution in [1.29, 1.82) is 0 Å². The molecule has 1 amide bonds. The number of nitrogens with zero attached hydrogens (tertiary/aromatic N) is 1. The molecule has 0 spiro atoms. The highest BCUT2D eigenvalue weighted by atomic mass is 16.5. The summed E-state index contributed by atoms with van der Waals surface area (Å²) in [6, 6.07) is 1.11. The third-order valence-corrected chi connectivity index (χ3v) is 3.53. The lowest BCUT2D eigenvalue weighted by molar-refractivity contribution is -0.136. The minimum Gasteiger partial charge on any atom is -0.382 e. The van der Waals surface area contributed by atoms with Gasteiger partial charge in [0.2, 0.25) is 5.91 Å². The molecule has 2 aliphatic heterocycles. The van der Waals surface area contributed by atoms with E-state index < -0.39 is 0 Å². The van der Waals surface area contributed by atoms with Gasteiger partial charge in [0.05, 0.1) is 13.2 Å². The summed E-state index contributed by atoms with van der Waals surface area (Å²) in [5.74, 6) is 0.107. The van der Waals surface area contributed by atoms with Crippen molar-refractivity contribution in [2.75, 3.05) is 40.0 Å². The van der Waals surface area contributed by atoms with Gasteiger partial charge in [-0.05, 0) is 19.3 Å². The molecule has 5 heteroatoms. The van der Waals surface area contributed by atoms with E-state index in [1.807, 2.05) is 4.90 Å². The second-order valence-corrected chi connectivity index (χ2v) is 4.81. The number of nitrogens with one attached hydrogen (secondary N) is 1. The molecule has 98 valence electrons. The van der Waals surface area contributed by atoms with Crippen LogP contribution in [-0.4, -0.2) is 62.9 Å². The van der Waals surface area contributed by atoms with Gasteiger partial charge >= 0.3 is 0 Å². The highest BCUT2D eigenvalue weighted by Gasteiger charge is 2.30. The minimum atomic E-state index is 0.107. The number of methoxy groups -OCH3 is 1. The Labute approximate surface area is 102 Å². The van der Waals surface area contributed by atoms with Crippen LogP contribution in [0.5, 0.6) is 0 Å². The first-order valence-electron chi connectivity index (χ1n) is 6.40. The molecule has 0 aromatic carbocycles. The zero-order valence-corrected chi connectivity index (χ0v) is 10.5. The Morgan fingerprint density at radius 1 is 1.29 bits per heavy atom. The lowest BCUT2D eigenvalue weighted by atomic mass is 10.1. The maximum absolute atomic E-state index is 11.9. The van der Waals surface area contributed by atoms with Gasteiger partial charge in [-0.15, -0.1) is 0 Å². The van der Waals surface area contributed by atoms with Gasteiger partial charge in [0, 0.05) is 32.3 Å². The number of carbonyl (C=O) groups is 1. The third-order valence-electron chi connectivity index (χ3n) is 3.53. The Kier molecular flexibility index (Phi) is 4.76. The van der Waals surface area contributed by atoms with Crippen molar-refractivity contribution in [3.8, 4) is 0 Å². The molecule has 17 heavy (non-hydrogen) atoms. The van der Waals surface area contributed by atoms with E-state index in [0.29, 0.717) is 25.3 Å². The van der Waals surface area contributed by atoms with Gasteiger partial charge in [-0.2, -0.15) is 0 Å². The minimum absolute atomic E-state index is 0.107. The predicted octanol–water partition coefficient (Wildman–Crippen LogP) is 0.00230. The SMILES string of the molecule is COCCOCC(=O)N1CCC2CCC(C1)N2. The van der Waals surface area contributed by atoms with E-state index in [0.717, 1.165) is 19.5 Å². The van der Waals surface area contributed by atoms with Crippen LogP contribution in [0.3, 0.4) is 0 Å². The van der Waals surface area contributed by atoms with Crippen molar-refractivity contribution < 1.29 is 14.3 Å². The molecule has 2 heterocycles. The van der Waals surface area contributed by atoms with Gasteiger partial charge in [-0.1, -0.05) is 0 Å². The van der Waals surface area contributed by atoms with Crippen molar-refractivity contribution >= 4 is 5.91 Å². The molecule has 2 aliphatic rings. The highest BCUT2D eigenvalue weighted by Crippen LogP contribution is 2.20. The molecule has 2 bridgehead atoms. The van der Waals surface area contributed by atoms with Crippen molar-refractivity contribution in [2.24, 2.45) is 0 Å². The summed E-state index contributed by atoms with van der Waals surface area (Å²) in [5, 5.41) is 3.56. The summed E-state index contributed by atoms with van der Waals surface area (Å²) in [6.45, 7) is 2.91. The number of ether oxygens (including phenoxy) is 2. The molecular weight excluding hydrogens is 220 g/mol. The van der Waals surface area contributed by atoms with Gasteiger partial charge in [0.25, 0.3) is 0 Å². The number of rotatable bonds is 5. The Hall–Kier alpha value is -0.650. The number of likely N-dealkylation sites (tertiary alicyclic amines) is 1. The van der Waals surface area contributed by atoms with Crippen molar-refractivity contribution in [2.45, 2.75) is 31.3 Å². The van der Waals surface area contributed by atoms with Crippen LogP contribution in [0, 0.1) is 0 Å². The summed E-state index contributed by atoms with van der Waals surface area (Å²) >= 11 is 0. The molecule has 1 N–H and O–H groups in total. The molecule has 0 aliphatic carbocycles. The van der Waals surface area contributed by atoms with Gasteiger partial charge in [0.15, 0.2) is 0 Å². The van der Waals surface area contributed by atoms with E-state index in [2.05, 4.69) is 5.32 Å². The van der Waals surface area contributed by atoms with E-state index >= 15 is 0 Å². The highest BCUT2D eigenvalue weighted by molar-refractivity contribution is 5.77. The zero-order chi connectivity index (χ0) is 12.1. The molecule has 2 atom stereocenters. The number of hydrogen-bond donors (Lipinski definition) is 1. The average Bonchev–Trinajstić information content (AvgIpc) is 2.64. The molecule has 0 aromatic rings. The van der Waals surface area contributed by atoms with E-state index in [9.17, 15) is 4.79 Å². The second kappa shape index (κ2) is 6.33. The summed E-state index contributed by atoms with van der Waals surface area (Å²) in [7, 11) is 1.63. The summed E-state index contributed by atoms with van der Waals surface area (Å²) < 4.78 is 10.1.